The Hall–Kier alpha value is -4.12. The van der Waals surface area contributed by atoms with Crippen LogP contribution in [0.3, 0.4) is 0 Å². The Morgan fingerprint density at radius 3 is 1.95 bits per heavy atom. The number of fused-ring (bicyclic) bond motifs is 14. The summed E-state index contributed by atoms with van der Waals surface area (Å²) in [6.45, 7) is 8.50. The summed E-state index contributed by atoms with van der Waals surface area (Å²) in [5.41, 5.74) is 11.5. The zero-order valence-corrected chi connectivity index (χ0v) is 23.6. The monoisotopic (exact) mass is 532 g/mol. The highest BCUT2D eigenvalue weighted by atomic mass is 16.7. The van der Waals surface area contributed by atoms with E-state index in [0.29, 0.717) is 0 Å². The van der Waals surface area contributed by atoms with Crippen LogP contribution in [0, 0.1) is 0 Å². The quantitative estimate of drug-likeness (QED) is 0.200. The van der Waals surface area contributed by atoms with Crippen molar-refractivity contribution in [1.82, 2.24) is 0 Å². The van der Waals surface area contributed by atoms with Gasteiger partial charge in [-0.1, -0.05) is 97.1 Å². The van der Waals surface area contributed by atoms with Crippen LogP contribution < -0.4 is 5.46 Å². The first-order valence-corrected chi connectivity index (χ1v) is 14.5. The summed E-state index contributed by atoms with van der Waals surface area (Å²) in [6, 6.07) is 37.3. The Morgan fingerprint density at radius 1 is 0.537 bits per heavy atom. The molecule has 1 aliphatic heterocycles. The normalized spacial score (nSPS) is 20.9. The van der Waals surface area contributed by atoms with Gasteiger partial charge < -0.3 is 13.7 Å². The molecule has 41 heavy (non-hydrogen) atoms. The van der Waals surface area contributed by atoms with Crippen LogP contribution in [-0.4, -0.2) is 18.3 Å². The molecule has 0 saturated carbocycles. The van der Waals surface area contributed by atoms with Gasteiger partial charge in [-0.2, -0.15) is 0 Å². The van der Waals surface area contributed by atoms with Crippen LogP contribution in [0.15, 0.2) is 108 Å². The zero-order chi connectivity index (χ0) is 27.7. The van der Waals surface area contributed by atoms with Crippen LogP contribution in [0.5, 0.6) is 0 Å². The maximum absolute atomic E-state index is 6.72. The summed E-state index contributed by atoms with van der Waals surface area (Å²) in [4.78, 5) is 0. The Morgan fingerprint density at radius 2 is 1.17 bits per heavy atom. The van der Waals surface area contributed by atoms with Gasteiger partial charge >= 0.3 is 7.12 Å². The lowest BCUT2D eigenvalue weighted by Crippen LogP contribution is -2.42. The lowest BCUT2D eigenvalue weighted by molar-refractivity contribution is 0.00578. The van der Waals surface area contributed by atoms with Crippen molar-refractivity contribution in [2.45, 2.75) is 44.3 Å². The number of benzene rings is 5. The van der Waals surface area contributed by atoms with E-state index in [9.17, 15) is 0 Å². The maximum atomic E-state index is 6.72. The average molecular weight is 532 g/mol. The smallest absolute Gasteiger partial charge is 0.455 e. The first kappa shape index (κ1) is 23.6. The van der Waals surface area contributed by atoms with Crippen LogP contribution in [-0.2, 0) is 14.7 Å². The first-order valence-electron chi connectivity index (χ1n) is 14.5. The van der Waals surface area contributed by atoms with Gasteiger partial charge in [0.1, 0.15) is 11.2 Å². The topological polar surface area (TPSA) is 31.6 Å². The van der Waals surface area contributed by atoms with Crippen LogP contribution in [0.2, 0.25) is 0 Å². The maximum Gasteiger partial charge on any atom is 0.495 e. The standard InChI is InChI=1S/C37H29BO3/c1-35(2)36(3,4)41-38(40-35)30-18-11-15-24-22-12-5-8-16-27(22)37(33(24)30)28-17-9-6-14-26(28)32-29(37)21-20-25-23-13-7-10-19-31(23)39-34(25)32/h5-21H,1-4H3. The van der Waals surface area contributed by atoms with Gasteiger partial charge in [0.15, 0.2) is 0 Å². The number of hydrogen-bond donors (Lipinski definition) is 0. The molecule has 6 aromatic rings. The first-order chi connectivity index (χ1) is 19.8. The summed E-state index contributed by atoms with van der Waals surface area (Å²) in [5.74, 6) is 0. The molecule has 0 amide bonds. The van der Waals surface area contributed by atoms with E-state index in [1.54, 1.807) is 0 Å². The molecule has 1 aromatic heterocycles. The van der Waals surface area contributed by atoms with Crippen molar-refractivity contribution >= 4 is 34.5 Å². The Kier molecular flexibility index (Phi) is 4.36. The van der Waals surface area contributed by atoms with E-state index < -0.39 is 23.7 Å². The largest absolute Gasteiger partial charge is 0.495 e. The summed E-state index contributed by atoms with van der Waals surface area (Å²) >= 11 is 0. The van der Waals surface area contributed by atoms with Gasteiger partial charge in [0.2, 0.25) is 0 Å². The minimum atomic E-state index is -0.523. The van der Waals surface area contributed by atoms with E-state index >= 15 is 0 Å². The van der Waals surface area contributed by atoms with Crippen LogP contribution in [0.4, 0.5) is 0 Å². The minimum Gasteiger partial charge on any atom is -0.455 e. The van der Waals surface area contributed by atoms with Gasteiger partial charge in [-0.05, 0) is 78.2 Å². The van der Waals surface area contributed by atoms with Crippen molar-refractivity contribution in [3.63, 3.8) is 0 Å². The predicted molar refractivity (Wildman–Crippen MR) is 166 cm³/mol. The lowest BCUT2D eigenvalue weighted by atomic mass is 9.63. The molecule has 3 aliphatic rings. The Labute approximate surface area is 239 Å². The number of furan rings is 1. The van der Waals surface area contributed by atoms with Gasteiger partial charge in [0.25, 0.3) is 0 Å². The van der Waals surface area contributed by atoms with E-state index in [1.807, 2.05) is 6.07 Å². The molecule has 9 rings (SSSR count). The molecule has 1 spiro atoms. The van der Waals surface area contributed by atoms with Crippen molar-refractivity contribution in [2.24, 2.45) is 0 Å². The Bertz CT molecular complexity index is 2070. The summed E-state index contributed by atoms with van der Waals surface area (Å²) < 4.78 is 20.1. The van der Waals surface area contributed by atoms with Crippen LogP contribution >= 0.6 is 0 Å². The van der Waals surface area contributed by atoms with Gasteiger partial charge in [-0.15, -0.1) is 0 Å². The summed E-state index contributed by atoms with van der Waals surface area (Å²) in [7, 11) is -0.479. The molecule has 3 nitrogen and oxygen atoms in total. The molecule has 5 aromatic carbocycles. The van der Waals surface area contributed by atoms with Crippen molar-refractivity contribution in [2.75, 3.05) is 0 Å². The Balaban J connectivity index is 1.43. The molecule has 1 fully saturated rings. The van der Waals surface area contributed by atoms with Crippen molar-refractivity contribution in [3.8, 4) is 22.3 Å². The number of hydrogen-bond acceptors (Lipinski definition) is 3. The van der Waals surface area contributed by atoms with Gasteiger partial charge in [-0.25, -0.2) is 0 Å². The van der Waals surface area contributed by atoms with Crippen molar-refractivity contribution in [3.05, 3.63) is 125 Å². The summed E-state index contributed by atoms with van der Waals surface area (Å²) in [5, 5.41) is 2.30. The second kappa shape index (κ2) is 7.58. The van der Waals surface area contributed by atoms with Gasteiger partial charge in [-0.3, -0.25) is 0 Å². The fourth-order valence-electron chi connectivity index (χ4n) is 7.66. The number of rotatable bonds is 1. The van der Waals surface area contributed by atoms with E-state index in [1.165, 1.54) is 44.5 Å². The molecule has 1 atom stereocenters. The number of para-hydroxylation sites is 1. The van der Waals surface area contributed by atoms with Gasteiger partial charge in [0, 0.05) is 16.3 Å². The summed E-state index contributed by atoms with van der Waals surface area (Å²) in [6.07, 6.45) is 0. The van der Waals surface area contributed by atoms with Crippen LogP contribution in [0.1, 0.15) is 49.9 Å². The molecule has 0 bridgehead atoms. The third-order valence-electron chi connectivity index (χ3n) is 10.2. The molecule has 0 N–H and O–H groups in total. The predicted octanol–water partition coefficient (Wildman–Crippen LogP) is 8.23. The third-order valence-corrected chi connectivity index (χ3v) is 10.2. The zero-order valence-electron chi connectivity index (χ0n) is 23.6. The molecule has 2 heterocycles. The van der Waals surface area contributed by atoms with Crippen molar-refractivity contribution in [1.29, 1.82) is 0 Å². The SMILES string of the molecule is CC1(C)OB(c2cccc3c2C2(c4ccccc4-3)c3ccccc3-c3c2ccc2c3oc3ccccc32)OC1(C)C. The highest BCUT2D eigenvalue weighted by molar-refractivity contribution is 6.63. The second-order valence-corrected chi connectivity index (χ2v) is 12.7. The molecule has 198 valence electrons. The van der Waals surface area contributed by atoms with Crippen molar-refractivity contribution < 1.29 is 13.7 Å². The minimum absolute atomic E-state index is 0.440. The van der Waals surface area contributed by atoms with E-state index in [-0.39, 0.29) is 0 Å². The molecular formula is C37H29BO3. The highest BCUT2D eigenvalue weighted by Crippen LogP contribution is 2.63. The van der Waals surface area contributed by atoms with E-state index in [0.717, 1.165) is 27.4 Å². The molecule has 2 aliphatic carbocycles. The molecule has 0 radical (unpaired) electrons. The lowest BCUT2D eigenvalue weighted by Gasteiger charge is -2.32. The average Bonchev–Trinajstić information content (AvgIpc) is 3.65. The molecule has 4 heteroatoms. The fourth-order valence-corrected chi connectivity index (χ4v) is 7.66. The molecule has 1 saturated heterocycles. The van der Waals surface area contributed by atoms with E-state index in [2.05, 4.69) is 125 Å². The third kappa shape index (κ3) is 2.73. The molecule has 1 unspecified atom stereocenters. The van der Waals surface area contributed by atoms with Crippen LogP contribution in [0.25, 0.3) is 44.2 Å². The highest BCUT2D eigenvalue weighted by Gasteiger charge is 2.58. The fraction of sp³-hybridized carbons (Fsp3) is 0.189. The molecular weight excluding hydrogens is 503 g/mol. The van der Waals surface area contributed by atoms with E-state index in [4.69, 9.17) is 13.7 Å². The van der Waals surface area contributed by atoms with Gasteiger partial charge in [0.05, 0.1) is 16.6 Å². The second-order valence-electron chi connectivity index (χ2n) is 12.7.